The van der Waals surface area contributed by atoms with E-state index in [4.69, 9.17) is 11.6 Å². The Labute approximate surface area is 147 Å². The summed E-state index contributed by atoms with van der Waals surface area (Å²) in [5.74, 6) is -0.0755. The summed E-state index contributed by atoms with van der Waals surface area (Å²) in [6, 6.07) is 7.41. The Morgan fingerprint density at radius 2 is 1.83 bits per heavy atom. The fraction of sp³-hybridized carbons (Fsp3) is 0.562. The maximum Gasteiger partial charge on any atom is 0.234 e. The molecule has 0 spiro atoms. The van der Waals surface area contributed by atoms with Gasteiger partial charge >= 0.3 is 0 Å². The number of amides is 1. The van der Waals surface area contributed by atoms with Crippen LogP contribution in [0.5, 0.6) is 0 Å². The first-order valence-electron chi connectivity index (χ1n) is 8.18. The molecule has 0 unspecified atom stereocenters. The van der Waals surface area contributed by atoms with Crippen LogP contribution in [-0.2, 0) is 21.4 Å². The number of benzene rings is 1. The van der Waals surface area contributed by atoms with Gasteiger partial charge in [-0.3, -0.25) is 9.69 Å². The predicted octanol–water partition coefficient (Wildman–Crippen LogP) is 1.07. The van der Waals surface area contributed by atoms with Gasteiger partial charge in [0.15, 0.2) is 0 Å². The fourth-order valence-corrected chi connectivity index (χ4v) is 4.84. The average molecular weight is 372 g/mol. The Bertz CT molecular complexity index is 698. The van der Waals surface area contributed by atoms with Gasteiger partial charge in [-0.2, -0.15) is 4.31 Å². The van der Waals surface area contributed by atoms with Gasteiger partial charge in [-0.05, 0) is 24.5 Å². The summed E-state index contributed by atoms with van der Waals surface area (Å²) in [6.45, 7) is 2.79. The van der Waals surface area contributed by atoms with Crippen LogP contribution in [-0.4, -0.2) is 61.5 Å². The van der Waals surface area contributed by atoms with Crippen molar-refractivity contribution in [1.29, 1.82) is 0 Å². The molecule has 2 aliphatic rings. The highest BCUT2D eigenvalue weighted by atomic mass is 35.5. The van der Waals surface area contributed by atoms with Gasteiger partial charge in [0.1, 0.15) is 0 Å². The molecule has 3 rings (SSSR count). The molecule has 2 fully saturated rings. The number of nitrogens with one attached hydrogen (secondary N) is 1. The highest BCUT2D eigenvalue weighted by Gasteiger charge is 2.40. The third kappa shape index (κ3) is 4.27. The second kappa shape index (κ2) is 7.39. The van der Waals surface area contributed by atoms with Crippen LogP contribution in [0.1, 0.15) is 18.4 Å². The summed E-state index contributed by atoms with van der Waals surface area (Å²) in [5, 5.41) is 3.33. The SMILES string of the molecule is O=C(CN1CCN(S(=O)(=O)C2CC2)CC1)NCc1ccccc1Cl. The molecule has 1 saturated carbocycles. The molecule has 1 heterocycles. The number of carbonyl (C=O) groups excluding carboxylic acids is 1. The highest BCUT2D eigenvalue weighted by molar-refractivity contribution is 7.90. The van der Waals surface area contributed by atoms with Crippen molar-refractivity contribution < 1.29 is 13.2 Å². The van der Waals surface area contributed by atoms with E-state index in [2.05, 4.69) is 5.32 Å². The van der Waals surface area contributed by atoms with E-state index >= 15 is 0 Å². The Balaban J connectivity index is 1.42. The largest absolute Gasteiger partial charge is 0.351 e. The van der Waals surface area contributed by atoms with Crippen molar-refractivity contribution in [2.45, 2.75) is 24.6 Å². The molecule has 1 saturated heterocycles. The van der Waals surface area contributed by atoms with E-state index in [1.807, 2.05) is 23.1 Å². The Morgan fingerprint density at radius 3 is 2.46 bits per heavy atom. The third-order valence-corrected chi connectivity index (χ3v) is 7.21. The lowest BCUT2D eigenvalue weighted by molar-refractivity contribution is -0.122. The normalized spacial score (nSPS) is 20.0. The molecule has 1 N–H and O–H groups in total. The van der Waals surface area contributed by atoms with Crippen molar-refractivity contribution in [3.63, 3.8) is 0 Å². The van der Waals surface area contributed by atoms with Crippen LogP contribution < -0.4 is 5.32 Å². The number of sulfonamides is 1. The standard InChI is InChI=1S/C16H22ClN3O3S/c17-15-4-2-1-3-13(15)11-18-16(21)12-19-7-9-20(10-8-19)24(22,23)14-5-6-14/h1-4,14H,5-12H2,(H,18,21). The van der Waals surface area contributed by atoms with Crippen molar-refractivity contribution >= 4 is 27.5 Å². The van der Waals surface area contributed by atoms with Crippen LogP contribution in [0, 0.1) is 0 Å². The summed E-state index contributed by atoms with van der Waals surface area (Å²) in [4.78, 5) is 14.1. The summed E-state index contributed by atoms with van der Waals surface area (Å²) < 4.78 is 25.9. The van der Waals surface area contributed by atoms with E-state index in [0.29, 0.717) is 37.7 Å². The fourth-order valence-electron chi connectivity index (χ4n) is 2.81. The van der Waals surface area contributed by atoms with Crippen molar-refractivity contribution in [3.8, 4) is 0 Å². The van der Waals surface area contributed by atoms with Gasteiger partial charge in [0.2, 0.25) is 15.9 Å². The molecule has 8 heteroatoms. The molecule has 0 atom stereocenters. The van der Waals surface area contributed by atoms with Gasteiger partial charge in [-0.1, -0.05) is 29.8 Å². The number of hydrogen-bond acceptors (Lipinski definition) is 4. The van der Waals surface area contributed by atoms with E-state index in [-0.39, 0.29) is 17.7 Å². The molecule has 132 valence electrons. The van der Waals surface area contributed by atoms with E-state index in [1.54, 1.807) is 10.4 Å². The van der Waals surface area contributed by atoms with E-state index < -0.39 is 10.0 Å². The van der Waals surface area contributed by atoms with E-state index in [9.17, 15) is 13.2 Å². The minimum absolute atomic E-state index is 0.0755. The monoisotopic (exact) mass is 371 g/mol. The van der Waals surface area contributed by atoms with Crippen LogP contribution in [0.15, 0.2) is 24.3 Å². The summed E-state index contributed by atoms with van der Waals surface area (Å²) in [6.07, 6.45) is 1.57. The Hall–Kier alpha value is -1.15. The lowest BCUT2D eigenvalue weighted by atomic mass is 10.2. The number of hydrogen-bond donors (Lipinski definition) is 1. The smallest absolute Gasteiger partial charge is 0.234 e. The number of nitrogens with zero attached hydrogens (tertiary/aromatic N) is 2. The van der Waals surface area contributed by atoms with Gasteiger partial charge in [0.25, 0.3) is 0 Å². The molecule has 1 aliphatic carbocycles. The molecule has 6 nitrogen and oxygen atoms in total. The molecule has 0 bridgehead atoms. The van der Waals surface area contributed by atoms with Gasteiger partial charge < -0.3 is 5.32 Å². The molecular weight excluding hydrogens is 350 g/mol. The summed E-state index contributed by atoms with van der Waals surface area (Å²) >= 11 is 6.06. The topological polar surface area (TPSA) is 69.7 Å². The molecule has 0 aromatic heterocycles. The molecule has 1 amide bonds. The van der Waals surface area contributed by atoms with E-state index in [1.165, 1.54) is 0 Å². The van der Waals surface area contributed by atoms with Crippen LogP contribution in [0.3, 0.4) is 0 Å². The van der Waals surface area contributed by atoms with Gasteiger partial charge in [0.05, 0.1) is 11.8 Å². The molecule has 1 aliphatic heterocycles. The lowest BCUT2D eigenvalue weighted by Gasteiger charge is -2.33. The molecular formula is C16H22ClN3O3S. The van der Waals surface area contributed by atoms with Crippen LogP contribution >= 0.6 is 11.6 Å². The number of piperazine rings is 1. The highest BCUT2D eigenvalue weighted by Crippen LogP contribution is 2.31. The number of carbonyl (C=O) groups is 1. The quantitative estimate of drug-likeness (QED) is 0.812. The lowest BCUT2D eigenvalue weighted by Crippen LogP contribution is -2.51. The molecule has 0 radical (unpaired) electrons. The number of rotatable bonds is 6. The van der Waals surface area contributed by atoms with Crippen molar-refractivity contribution in [2.24, 2.45) is 0 Å². The van der Waals surface area contributed by atoms with Crippen LogP contribution in [0.25, 0.3) is 0 Å². The molecule has 1 aromatic rings. The first-order chi connectivity index (χ1) is 11.5. The Morgan fingerprint density at radius 1 is 1.17 bits per heavy atom. The maximum atomic E-state index is 12.2. The first kappa shape index (κ1) is 17.7. The van der Waals surface area contributed by atoms with Gasteiger partial charge in [0, 0.05) is 37.7 Å². The predicted molar refractivity (Wildman–Crippen MR) is 93.3 cm³/mol. The zero-order chi connectivity index (χ0) is 17.2. The first-order valence-corrected chi connectivity index (χ1v) is 10.1. The van der Waals surface area contributed by atoms with Crippen molar-refractivity contribution in [2.75, 3.05) is 32.7 Å². The minimum atomic E-state index is -3.10. The van der Waals surface area contributed by atoms with Crippen molar-refractivity contribution in [1.82, 2.24) is 14.5 Å². The second-order valence-corrected chi connectivity index (χ2v) is 8.91. The summed E-state index contributed by atoms with van der Waals surface area (Å²) in [5.41, 5.74) is 0.882. The van der Waals surface area contributed by atoms with Crippen molar-refractivity contribution in [3.05, 3.63) is 34.9 Å². The van der Waals surface area contributed by atoms with Gasteiger partial charge in [-0.15, -0.1) is 0 Å². The third-order valence-electron chi connectivity index (χ3n) is 4.44. The number of halogens is 1. The maximum absolute atomic E-state index is 12.2. The second-order valence-electron chi connectivity index (χ2n) is 6.29. The molecule has 24 heavy (non-hydrogen) atoms. The molecule has 1 aromatic carbocycles. The minimum Gasteiger partial charge on any atom is -0.351 e. The zero-order valence-corrected chi connectivity index (χ0v) is 15.0. The van der Waals surface area contributed by atoms with Crippen LogP contribution in [0.4, 0.5) is 0 Å². The van der Waals surface area contributed by atoms with E-state index in [0.717, 1.165) is 18.4 Å². The van der Waals surface area contributed by atoms with Gasteiger partial charge in [-0.25, -0.2) is 8.42 Å². The van der Waals surface area contributed by atoms with Crippen LogP contribution in [0.2, 0.25) is 5.02 Å². The average Bonchev–Trinajstić information content (AvgIpc) is 3.40. The Kier molecular flexibility index (Phi) is 5.44. The zero-order valence-electron chi connectivity index (χ0n) is 13.4. The summed E-state index contributed by atoms with van der Waals surface area (Å²) in [7, 11) is -3.10.